The standard InChI is InChI=1S/C11H14ClN5O/c1-8(2)3-6-18-11-15-9(12)14-10(16-11)17-5-4-13-7-17/h4-5,7-8H,3,6H2,1-2H3. The fraction of sp³-hybridized carbons (Fsp3) is 0.455. The summed E-state index contributed by atoms with van der Waals surface area (Å²) in [6.45, 7) is 4.81. The van der Waals surface area contributed by atoms with Crippen molar-refractivity contribution in [2.45, 2.75) is 20.3 Å². The molecule has 0 atom stereocenters. The molecule has 0 aliphatic heterocycles. The molecule has 0 N–H and O–H groups in total. The number of ether oxygens (including phenoxy) is 1. The Morgan fingerprint density at radius 2 is 2.17 bits per heavy atom. The lowest BCUT2D eigenvalue weighted by molar-refractivity contribution is 0.267. The van der Waals surface area contributed by atoms with Crippen LogP contribution in [0.3, 0.4) is 0 Å². The van der Waals surface area contributed by atoms with Crippen LogP contribution in [0.25, 0.3) is 5.95 Å². The SMILES string of the molecule is CC(C)CCOc1nc(Cl)nc(-n2ccnc2)n1. The molecule has 0 spiro atoms. The van der Waals surface area contributed by atoms with Gasteiger partial charge in [-0.3, -0.25) is 4.57 Å². The summed E-state index contributed by atoms with van der Waals surface area (Å²) in [5.74, 6) is 0.961. The van der Waals surface area contributed by atoms with Crippen LogP contribution in [0, 0.1) is 5.92 Å². The predicted molar refractivity (Wildman–Crippen MR) is 66.9 cm³/mol. The molecule has 96 valence electrons. The van der Waals surface area contributed by atoms with Gasteiger partial charge in [0.2, 0.25) is 11.2 Å². The van der Waals surface area contributed by atoms with Crippen LogP contribution < -0.4 is 4.74 Å². The Kier molecular flexibility index (Phi) is 4.09. The molecule has 18 heavy (non-hydrogen) atoms. The highest BCUT2D eigenvalue weighted by Crippen LogP contribution is 2.12. The molecule has 0 saturated heterocycles. The highest BCUT2D eigenvalue weighted by molar-refractivity contribution is 6.28. The predicted octanol–water partition coefficient (Wildman–Crippen LogP) is 2.14. The fourth-order valence-electron chi connectivity index (χ4n) is 1.27. The van der Waals surface area contributed by atoms with E-state index in [2.05, 4.69) is 33.8 Å². The maximum atomic E-state index is 5.83. The largest absolute Gasteiger partial charge is 0.463 e. The first kappa shape index (κ1) is 12.8. The summed E-state index contributed by atoms with van der Waals surface area (Å²) in [6, 6.07) is 0.236. The van der Waals surface area contributed by atoms with E-state index in [9.17, 15) is 0 Å². The van der Waals surface area contributed by atoms with Gasteiger partial charge < -0.3 is 4.74 Å². The summed E-state index contributed by atoms with van der Waals surface area (Å²) in [5, 5.41) is 0.105. The molecular formula is C11H14ClN5O. The molecule has 6 nitrogen and oxygen atoms in total. The zero-order valence-electron chi connectivity index (χ0n) is 10.2. The number of nitrogens with zero attached hydrogens (tertiary/aromatic N) is 5. The molecule has 0 fully saturated rings. The van der Waals surface area contributed by atoms with Gasteiger partial charge in [0, 0.05) is 12.4 Å². The Bertz CT molecular complexity index is 500. The molecule has 0 aliphatic carbocycles. The van der Waals surface area contributed by atoms with E-state index in [-0.39, 0.29) is 11.3 Å². The topological polar surface area (TPSA) is 65.7 Å². The van der Waals surface area contributed by atoms with Gasteiger partial charge in [-0.2, -0.15) is 15.0 Å². The van der Waals surface area contributed by atoms with Gasteiger partial charge in [0.25, 0.3) is 0 Å². The maximum Gasteiger partial charge on any atom is 0.322 e. The smallest absolute Gasteiger partial charge is 0.322 e. The highest BCUT2D eigenvalue weighted by atomic mass is 35.5. The van der Waals surface area contributed by atoms with Crippen molar-refractivity contribution in [1.29, 1.82) is 0 Å². The monoisotopic (exact) mass is 267 g/mol. The molecule has 0 bridgehead atoms. The van der Waals surface area contributed by atoms with E-state index in [0.717, 1.165) is 6.42 Å². The summed E-state index contributed by atoms with van der Waals surface area (Å²) in [6.07, 6.45) is 5.88. The molecule has 0 aliphatic rings. The number of aromatic nitrogens is 5. The van der Waals surface area contributed by atoms with Crippen LogP contribution in [0.15, 0.2) is 18.7 Å². The van der Waals surface area contributed by atoms with E-state index in [1.165, 1.54) is 0 Å². The number of hydrogen-bond donors (Lipinski definition) is 0. The number of rotatable bonds is 5. The molecule has 2 aromatic rings. The van der Waals surface area contributed by atoms with E-state index in [4.69, 9.17) is 16.3 Å². The quantitative estimate of drug-likeness (QED) is 0.830. The van der Waals surface area contributed by atoms with Crippen LogP contribution in [0.4, 0.5) is 0 Å². The molecule has 0 aromatic carbocycles. The van der Waals surface area contributed by atoms with Gasteiger partial charge in [-0.25, -0.2) is 4.98 Å². The van der Waals surface area contributed by atoms with Crippen molar-refractivity contribution in [1.82, 2.24) is 24.5 Å². The van der Waals surface area contributed by atoms with Crippen LogP contribution in [-0.2, 0) is 0 Å². The first-order chi connectivity index (χ1) is 8.65. The molecule has 2 rings (SSSR count). The zero-order chi connectivity index (χ0) is 13.0. The normalized spacial score (nSPS) is 10.9. The minimum atomic E-state index is 0.105. The van der Waals surface area contributed by atoms with Gasteiger partial charge in [-0.15, -0.1) is 0 Å². The number of imidazole rings is 1. The summed E-state index contributed by atoms with van der Waals surface area (Å²) >= 11 is 5.83. The summed E-state index contributed by atoms with van der Waals surface area (Å²) < 4.78 is 7.10. The van der Waals surface area contributed by atoms with Crippen LogP contribution in [0.5, 0.6) is 6.01 Å². The summed E-state index contributed by atoms with van der Waals surface area (Å²) in [7, 11) is 0. The Morgan fingerprint density at radius 1 is 1.33 bits per heavy atom. The first-order valence-electron chi connectivity index (χ1n) is 5.68. The lowest BCUT2D eigenvalue weighted by Gasteiger charge is -2.07. The van der Waals surface area contributed by atoms with Crippen molar-refractivity contribution in [2.75, 3.05) is 6.61 Å². The second-order valence-electron chi connectivity index (χ2n) is 4.19. The third-order valence-electron chi connectivity index (χ3n) is 2.24. The van der Waals surface area contributed by atoms with E-state index in [1.54, 1.807) is 23.3 Å². The van der Waals surface area contributed by atoms with E-state index in [0.29, 0.717) is 18.5 Å². The lowest BCUT2D eigenvalue weighted by atomic mass is 10.1. The second-order valence-corrected chi connectivity index (χ2v) is 4.53. The Morgan fingerprint density at radius 3 is 2.83 bits per heavy atom. The third-order valence-corrected chi connectivity index (χ3v) is 2.41. The van der Waals surface area contributed by atoms with Gasteiger partial charge in [-0.1, -0.05) is 13.8 Å². The molecule has 0 unspecified atom stereocenters. The van der Waals surface area contributed by atoms with Crippen LogP contribution >= 0.6 is 11.6 Å². The first-order valence-corrected chi connectivity index (χ1v) is 6.05. The van der Waals surface area contributed by atoms with Gasteiger partial charge in [0.15, 0.2) is 0 Å². The number of hydrogen-bond acceptors (Lipinski definition) is 5. The van der Waals surface area contributed by atoms with Crippen molar-refractivity contribution >= 4 is 11.6 Å². The van der Waals surface area contributed by atoms with Gasteiger partial charge >= 0.3 is 6.01 Å². The molecule has 7 heteroatoms. The van der Waals surface area contributed by atoms with E-state index in [1.807, 2.05) is 0 Å². The Labute approximate surface area is 110 Å². The zero-order valence-corrected chi connectivity index (χ0v) is 11.0. The number of halogens is 1. The summed E-state index contributed by atoms with van der Waals surface area (Å²) in [4.78, 5) is 16.0. The minimum absolute atomic E-state index is 0.105. The third kappa shape index (κ3) is 3.40. The Balaban J connectivity index is 2.12. The van der Waals surface area contributed by atoms with Crippen molar-refractivity contribution in [3.8, 4) is 12.0 Å². The van der Waals surface area contributed by atoms with Crippen molar-refractivity contribution in [3.63, 3.8) is 0 Å². The van der Waals surface area contributed by atoms with Crippen molar-refractivity contribution in [3.05, 3.63) is 24.0 Å². The average molecular weight is 268 g/mol. The van der Waals surface area contributed by atoms with Gasteiger partial charge in [-0.05, 0) is 23.9 Å². The molecule has 2 heterocycles. The van der Waals surface area contributed by atoms with Gasteiger partial charge in [0.1, 0.15) is 6.33 Å². The molecular weight excluding hydrogens is 254 g/mol. The van der Waals surface area contributed by atoms with Crippen molar-refractivity contribution in [2.24, 2.45) is 5.92 Å². The van der Waals surface area contributed by atoms with Crippen LogP contribution in [0.2, 0.25) is 5.28 Å². The maximum absolute atomic E-state index is 5.83. The second kappa shape index (κ2) is 5.77. The molecule has 2 aromatic heterocycles. The van der Waals surface area contributed by atoms with Gasteiger partial charge in [0.05, 0.1) is 6.61 Å². The molecule has 0 amide bonds. The van der Waals surface area contributed by atoms with Crippen LogP contribution in [0.1, 0.15) is 20.3 Å². The Hall–Kier alpha value is -1.69. The molecule has 0 radical (unpaired) electrons. The van der Waals surface area contributed by atoms with Crippen LogP contribution in [-0.4, -0.2) is 31.1 Å². The summed E-state index contributed by atoms with van der Waals surface area (Å²) in [5.41, 5.74) is 0. The average Bonchev–Trinajstić information content (AvgIpc) is 2.81. The van der Waals surface area contributed by atoms with E-state index < -0.39 is 0 Å². The van der Waals surface area contributed by atoms with E-state index >= 15 is 0 Å². The fourth-order valence-corrected chi connectivity index (χ4v) is 1.41. The highest BCUT2D eigenvalue weighted by Gasteiger charge is 2.07. The van der Waals surface area contributed by atoms with Crippen molar-refractivity contribution < 1.29 is 4.74 Å². The minimum Gasteiger partial charge on any atom is -0.463 e. The lowest BCUT2D eigenvalue weighted by Crippen LogP contribution is -2.08. The molecule has 0 saturated carbocycles.